The van der Waals surface area contributed by atoms with Crippen molar-refractivity contribution in [2.75, 3.05) is 5.32 Å². The second kappa shape index (κ2) is 4.53. The maximum absolute atomic E-state index is 12.1. The van der Waals surface area contributed by atoms with E-state index in [9.17, 15) is 4.79 Å². The molecular formula is C15H9BrN4O. The van der Waals surface area contributed by atoms with E-state index in [1.165, 1.54) is 0 Å². The third-order valence-electron chi connectivity index (χ3n) is 3.43. The summed E-state index contributed by atoms with van der Waals surface area (Å²) >= 11 is 3.44. The van der Waals surface area contributed by atoms with Crippen LogP contribution in [0.5, 0.6) is 0 Å². The molecule has 6 heteroatoms. The summed E-state index contributed by atoms with van der Waals surface area (Å²) in [6.07, 6.45) is 1.86. The highest BCUT2D eigenvalue weighted by atomic mass is 79.9. The molecule has 2 heterocycles. The second-order valence-corrected chi connectivity index (χ2v) is 5.71. The molecule has 4 rings (SSSR count). The Morgan fingerprint density at radius 2 is 2.05 bits per heavy atom. The second-order valence-electron chi connectivity index (χ2n) is 4.79. The topological polar surface area (TPSA) is 70.7 Å². The minimum atomic E-state index is -0.0941. The van der Waals surface area contributed by atoms with Crippen LogP contribution in [0, 0.1) is 0 Å². The fourth-order valence-corrected chi connectivity index (χ4v) is 2.78. The fourth-order valence-electron chi connectivity index (χ4n) is 2.42. The normalized spacial score (nSPS) is 15.5. The van der Waals surface area contributed by atoms with E-state index in [0.29, 0.717) is 5.57 Å². The van der Waals surface area contributed by atoms with Gasteiger partial charge in [-0.2, -0.15) is 0 Å². The average molecular weight is 341 g/mol. The molecule has 0 saturated heterocycles. The molecule has 1 aromatic heterocycles. The predicted molar refractivity (Wildman–Crippen MR) is 84.5 cm³/mol. The molecule has 0 bridgehead atoms. The zero-order chi connectivity index (χ0) is 14.4. The number of fused-ring (bicyclic) bond motifs is 2. The van der Waals surface area contributed by atoms with Crippen LogP contribution < -0.4 is 5.32 Å². The van der Waals surface area contributed by atoms with Crippen LogP contribution in [0.1, 0.15) is 11.1 Å². The number of halogens is 1. The molecule has 0 aliphatic carbocycles. The molecule has 0 saturated carbocycles. The Balaban J connectivity index is 1.85. The molecule has 2 N–H and O–H groups in total. The van der Waals surface area contributed by atoms with E-state index in [2.05, 4.69) is 36.7 Å². The monoisotopic (exact) mass is 340 g/mol. The lowest BCUT2D eigenvalue weighted by atomic mass is 10.0. The van der Waals surface area contributed by atoms with E-state index in [1.807, 2.05) is 42.5 Å². The first-order valence-corrected chi connectivity index (χ1v) is 7.14. The van der Waals surface area contributed by atoms with Crippen LogP contribution in [0.25, 0.3) is 22.7 Å². The molecule has 0 spiro atoms. The van der Waals surface area contributed by atoms with Crippen molar-refractivity contribution in [2.45, 2.75) is 0 Å². The van der Waals surface area contributed by atoms with E-state index in [-0.39, 0.29) is 5.91 Å². The lowest BCUT2D eigenvalue weighted by Gasteiger charge is -2.00. The summed E-state index contributed by atoms with van der Waals surface area (Å²) in [5.74, 6) is -0.0941. The van der Waals surface area contributed by atoms with Gasteiger partial charge in [0.15, 0.2) is 0 Å². The van der Waals surface area contributed by atoms with E-state index >= 15 is 0 Å². The first-order valence-electron chi connectivity index (χ1n) is 6.34. The van der Waals surface area contributed by atoms with Crippen LogP contribution in [-0.4, -0.2) is 21.3 Å². The molecule has 21 heavy (non-hydrogen) atoms. The zero-order valence-electron chi connectivity index (χ0n) is 10.7. The standard InChI is InChI=1S/C15H9BrN4O/c16-9-2-4-12-10(7-9)11(15(21)17-12)5-8-1-3-13-14(6-8)19-20-18-13/h1-7H,(H,17,21)(H,18,19,20). The zero-order valence-corrected chi connectivity index (χ0v) is 12.3. The highest BCUT2D eigenvalue weighted by molar-refractivity contribution is 9.10. The summed E-state index contributed by atoms with van der Waals surface area (Å²) in [4.78, 5) is 12.1. The van der Waals surface area contributed by atoms with Gasteiger partial charge in [0.1, 0.15) is 5.52 Å². The molecule has 0 unspecified atom stereocenters. The van der Waals surface area contributed by atoms with Crippen molar-refractivity contribution >= 4 is 50.2 Å². The highest BCUT2D eigenvalue weighted by Gasteiger charge is 2.24. The van der Waals surface area contributed by atoms with Crippen LogP contribution in [0.3, 0.4) is 0 Å². The molecule has 1 aliphatic rings. The minimum Gasteiger partial charge on any atom is -0.321 e. The number of nitrogens with zero attached hydrogens (tertiary/aromatic N) is 2. The maximum atomic E-state index is 12.1. The number of carbonyl (C=O) groups is 1. The van der Waals surface area contributed by atoms with Crippen molar-refractivity contribution in [3.63, 3.8) is 0 Å². The van der Waals surface area contributed by atoms with Crippen molar-refractivity contribution in [3.8, 4) is 0 Å². The lowest BCUT2D eigenvalue weighted by molar-refractivity contribution is -0.110. The molecule has 1 aliphatic heterocycles. The molecule has 1 amide bonds. The Morgan fingerprint density at radius 3 is 2.95 bits per heavy atom. The Kier molecular flexibility index (Phi) is 2.65. The Morgan fingerprint density at radius 1 is 1.14 bits per heavy atom. The number of amides is 1. The van der Waals surface area contributed by atoms with E-state index in [4.69, 9.17) is 0 Å². The number of H-pyrrole nitrogens is 1. The van der Waals surface area contributed by atoms with Gasteiger partial charge in [0, 0.05) is 21.3 Å². The van der Waals surface area contributed by atoms with Gasteiger partial charge in [0.25, 0.3) is 5.91 Å². The largest absolute Gasteiger partial charge is 0.321 e. The Labute approximate surface area is 128 Å². The third kappa shape index (κ3) is 2.04. The molecule has 5 nitrogen and oxygen atoms in total. The molecular weight excluding hydrogens is 332 g/mol. The Bertz CT molecular complexity index is 913. The number of aromatic nitrogens is 3. The number of carbonyl (C=O) groups excluding carboxylic acids is 1. The van der Waals surface area contributed by atoms with Crippen LogP contribution in [-0.2, 0) is 4.79 Å². The number of hydrogen-bond donors (Lipinski definition) is 2. The van der Waals surface area contributed by atoms with Gasteiger partial charge in [0.05, 0.1) is 5.52 Å². The molecule has 102 valence electrons. The van der Waals surface area contributed by atoms with Gasteiger partial charge in [-0.1, -0.05) is 27.2 Å². The number of rotatable bonds is 1. The first-order chi connectivity index (χ1) is 10.2. The number of aromatic amines is 1. The number of benzene rings is 2. The number of anilines is 1. The van der Waals surface area contributed by atoms with Crippen LogP contribution in [0.2, 0.25) is 0 Å². The predicted octanol–water partition coefficient (Wildman–Crippen LogP) is 3.21. The summed E-state index contributed by atoms with van der Waals surface area (Å²) in [7, 11) is 0. The van der Waals surface area contributed by atoms with Crippen LogP contribution in [0.4, 0.5) is 5.69 Å². The quantitative estimate of drug-likeness (QED) is 0.668. The summed E-state index contributed by atoms with van der Waals surface area (Å²) in [6, 6.07) is 11.5. The van der Waals surface area contributed by atoms with Gasteiger partial charge in [0.2, 0.25) is 0 Å². The first kappa shape index (κ1) is 12.3. The fraction of sp³-hybridized carbons (Fsp3) is 0. The van der Waals surface area contributed by atoms with Crippen LogP contribution in [0.15, 0.2) is 40.9 Å². The van der Waals surface area contributed by atoms with Crippen molar-refractivity contribution in [2.24, 2.45) is 0 Å². The van der Waals surface area contributed by atoms with Crippen molar-refractivity contribution in [1.82, 2.24) is 15.4 Å². The smallest absolute Gasteiger partial charge is 0.256 e. The molecule has 0 radical (unpaired) electrons. The number of nitrogens with one attached hydrogen (secondary N) is 2. The lowest BCUT2D eigenvalue weighted by Crippen LogP contribution is -2.03. The average Bonchev–Trinajstić information content (AvgIpc) is 3.04. The van der Waals surface area contributed by atoms with Crippen LogP contribution >= 0.6 is 15.9 Å². The van der Waals surface area contributed by atoms with Crippen molar-refractivity contribution in [1.29, 1.82) is 0 Å². The van der Waals surface area contributed by atoms with Gasteiger partial charge in [-0.05, 0) is 42.0 Å². The van der Waals surface area contributed by atoms with E-state index in [1.54, 1.807) is 0 Å². The summed E-state index contributed by atoms with van der Waals surface area (Å²) in [6.45, 7) is 0. The molecule has 2 aromatic carbocycles. The van der Waals surface area contributed by atoms with Crippen molar-refractivity contribution in [3.05, 3.63) is 52.0 Å². The summed E-state index contributed by atoms with van der Waals surface area (Å²) in [5.41, 5.74) is 4.93. The van der Waals surface area contributed by atoms with Gasteiger partial charge >= 0.3 is 0 Å². The van der Waals surface area contributed by atoms with Gasteiger partial charge < -0.3 is 5.32 Å². The minimum absolute atomic E-state index is 0.0941. The van der Waals surface area contributed by atoms with Gasteiger partial charge in [-0.25, -0.2) is 0 Å². The highest BCUT2D eigenvalue weighted by Crippen LogP contribution is 2.35. The third-order valence-corrected chi connectivity index (χ3v) is 3.92. The maximum Gasteiger partial charge on any atom is 0.256 e. The van der Waals surface area contributed by atoms with Gasteiger partial charge in [-0.3, -0.25) is 9.89 Å². The van der Waals surface area contributed by atoms with Gasteiger partial charge in [-0.15, -0.1) is 5.10 Å². The summed E-state index contributed by atoms with van der Waals surface area (Å²) < 4.78 is 0.940. The summed E-state index contributed by atoms with van der Waals surface area (Å²) in [5, 5.41) is 13.4. The van der Waals surface area contributed by atoms with Crippen molar-refractivity contribution < 1.29 is 4.79 Å². The SMILES string of the molecule is O=C1Nc2ccc(Br)cc2C1=Cc1ccc2[nH]nnc2c1. The molecule has 3 aromatic rings. The molecule has 0 fully saturated rings. The Hall–Kier alpha value is -2.47. The molecule has 0 atom stereocenters. The van der Waals surface area contributed by atoms with E-state index in [0.717, 1.165) is 32.3 Å². The van der Waals surface area contributed by atoms with E-state index < -0.39 is 0 Å². The number of hydrogen-bond acceptors (Lipinski definition) is 3.